The Morgan fingerprint density at radius 3 is 2.35 bits per heavy atom. The van der Waals surface area contributed by atoms with E-state index < -0.39 is 44.5 Å². The summed E-state index contributed by atoms with van der Waals surface area (Å²) in [6.07, 6.45) is -3.79. The zero-order chi connectivity index (χ0) is 19.7. The number of aliphatic hydroxyl groups is 3. The molecule has 0 aromatic rings. The second kappa shape index (κ2) is 11.3. The topological polar surface area (TPSA) is 166 Å². The number of carbonyl (C=O) groups is 1. The third-order valence-corrected chi connectivity index (χ3v) is 5.07. The van der Waals surface area contributed by atoms with E-state index in [2.05, 4.69) is 5.32 Å². The summed E-state index contributed by atoms with van der Waals surface area (Å²) in [5.74, 6) is -0.00568. The zero-order valence-corrected chi connectivity index (χ0v) is 15.8. The molecule has 10 nitrogen and oxygen atoms in total. The van der Waals surface area contributed by atoms with Gasteiger partial charge in [0.15, 0.2) is 6.29 Å². The van der Waals surface area contributed by atoms with Crippen molar-refractivity contribution >= 4 is 13.5 Å². The van der Waals surface area contributed by atoms with E-state index >= 15 is 0 Å². The molecule has 26 heavy (non-hydrogen) atoms. The van der Waals surface area contributed by atoms with Gasteiger partial charge in [-0.3, -0.25) is 9.36 Å². The summed E-state index contributed by atoms with van der Waals surface area (Å²) in [6, 6.07) is 0. The first kappa shape index (κ1) is 23.5. The Morgan fingerprint density at radius 1 is 1.08 bits per heavy atom. The molecule has 1 aliphatic heterocycles. The van der Waals surface area contributed by atoms with Gasteiger partial charge in [0.2, 0.25) is 5.91 Å². The van der Waals surface area contributed by atoms with E-state index in [-0.39, 0.29) is 18.9 Å². The smallest absolute Gasteiger partial charge is 0.325 e. The Morgan fingerprint density at radius 2 is 1.73 bits per heavy atom. The molecule has 1 saturated heterocycles. The first-order valence-electron chi connectivity index (χ1n) is 8.72. The lowest BCUT2D eigenvalue weighted by atomic mass is 9.97. The lowest BCUT2D eigenvalue weighted by molar-refractivity contribution is -0.297. The van der Waals surface area contributed by atoms with Crippen molar-refractivity contribution in [3.8, 4) is 0 Å². The molecule has 0 spiro atoms. The van der Waals surface area contributed by atoms with Crippen LogP contribution in [0.15, 0.2) is 0 Å². The number of nitrogens with one attached hydrogen (secondary N) is 1. The summed E-state index contributed by atoms with van der Waals surface area (Å²) in [5.41, 5.74) is 0. The molecule has 154 valence electrons. The number of aliphatic hydroxyl groups excluding tert-OH is 3. The summed E-state index contributed by atoms with van der Waals surface area (Å²) in [5, 5.41) is 32.2. The molecule has 0 saturated carbocycles. The highest BCUT2D eigenvalue weighted by Gasteiger charge is 2.44. The van der Waals surface area contributed by atoms with Gasteiger partial charge in [-0.1, -0.05) is 12.8 Å². The molecule has 1 amide bonds. The van der Waals surface area contributed by atoms with Gasteiger partial charge in [0.25, 0.3) is 0 Å². The van der Waals surface area contributed by atoms with Crippen molar-refractivity contribution in [2.75, 3.05) is 19.8 Å². The van der Waals surface area contributed by atoms with Gasteiger partial charge in [0.05, 0.1) is 12.3 Å². The second-order valence-electron chi connectivity index (χ2n) is 6.40. The Kier molecular flexibility index (Phi) is 10.2. The van der Waals surface area contributed by atoms with Gasteiger partial charge in [-0.15, -0.1) is 0 Å². The molecule has 1 aliphatic rings. The minimum absolute atomic E-state index is 0.00568. The third-order valence-electron chi connectivity index (χ3n) is 4.23. The van der Waals surface area contributed by atoms with E-state index in [1.165, 1.54) is 0 Å². The van der Waals surface area contributed by atoms with Crippen molar-refractivity contribution in [2.45, 2.75) is 69.2 Å². The quantitative estimate of drug-likeness (QED) is 0.190. The lowest BCUT2D eigenvalue weighted by Gasteiger charge is -2.40. The van der Waals surface area contributed by atoms with E-state index in [0.29, 0.717) is 12.8 Å². The maximum absolute atomic E-state index is 11.1. The maximum Gasteiger partial charge on any atom is 0.325 e. The summed E-state index contributed by atoms with van der Waals surface area (Å²) in [7, 11) is -2.68. The lowest BCUT2D eigenvalue weighted by Crippen LogP contribution is -2.58. The van der Waals surface area contributed by atoms with Gasteiger partial charge < -0.3 is 39.9 Å². The first-order chi connectivity index (χ1) is 12.2. The number of ether oxygens (including phenoxy) is 2. The van der Waals surface area contributed by atoms with E-state index in [9.17, 15) is 24.7 Å². The first-order valence-corrected chi connectivity index (χ1v) is 10.5. The Hall–Kier alpha value is -0.580. The van der Waals surface area contributed by atoms with Crippen LogP contribution in [0.5, 0.6) is 0 Å². The van der Waals surface area contributed by atoms with Crippen LogP contribution in [0.2, 0.25) is 0 Å². The van der Waals surface area contributed by atoms with Gasteiger partial charge in [-0.25, -0.2) is 0 Å². The zero-order valence-electron chi connectivity index (χ0n) is 14.9. The third kappa shape index (κ3) is 8.41. The standard InChI is InChI=1S/C15H30NO9P/c1-16-11(17)6-4-2-3-5-8-24-15-14(20)13(19)12(18)10(25-15)7-9-26(21,22)23/h10,12-15,18-20H,2-9H2,1H3,(H,16,17)(H2,21,22,23). The van der Waals surface area contributed by atoms with Crippen molar-refractivity contribution < 1.29 is 43.9 Å². The van der Waals surface area contributed by atoms with E-state index in [1.54, 1.807) is 7.05 Å². The van der Waals surface area contributed by atoms with Crippen LogP contribution in [-0.2, 0) is 18.8 Å². The summed E-state index contributed by atoms with van der Waals surface area (Å²) in [4.78, 5) is 28.9. The molecule has 0 bridgehead atoms. The van der Waals surface area contributed by atoms with Crippen molar-refractivity contribution in [3.05, 3.63) is 0 Å². The van der Waals surface area contributed by atoms with Crippen molar-refractivity contribution in [3.63, 3.8) is 0 Å². The summed E-state index contributed by atoms with van der Waals surface area (Å²) < 4.78 is 21.7. The number of amides is 1. The monoisotopic (exact) mass is 399 g/mol. The highest BCUT2D eigenvalue weighted by atomic mass is 31.2. The Labute approximate surface area is 152 Å². The van der Waals surface area contributed by atoms with Crippen LogP contribution in [0.1, 0.15) is 38.5 Å². The van der Waals surface area contributed by atoms with Crippen LogP contribution in [0.25, 0.3) is 0 Å². The fourth-order valence-corrected chi connectivity index (χ4v) is 3.24. The van der Waals surface area contributed by atoms with Gasteiger partial charge in [-0.2, -0.15) is 0 Å². The van der Waals surface area contributed by atoms with Gasteiger partial charge >= 0.3 is 7.60 Å². The van der Waals surface area contributed by atoms with Crippen LogP contribution >= 0.6 is 7.60 Å². The van der Waals surface area contributed by atoms with Crippen molar-refractivity contribution in [1.82, 2.24) is 5.32 Å². The normalized spacial score (nSPS) is 29.5. The summed E-state index contributed by atoms with van der Waals surface area (Å²) in [6.45, 7) is 0.246. The molecular formula is C15H30NO9P. The van der Waals surface area contributed by atoms with Crippen LogP contribution in [0.4, 0.5) is 0 Å². The largest absolute Gasteiger partial charge is 0.388 e. The average Bonchev–Trinajstić information content (AvgIpc) is 2.58. The van der Waals surface area contributed by atoms with E-state index in [0.717, 1.165) is 19.3 Å². The van der Waals surface area contributed by atoms with Crippen molar-refractivity contribution in [2.24, 2.45) is 0 Å². The number of hydrogen-bond donors (Lipinski definition) is 6. The van der Waals surface area contributed by atoms with Crippen molar-refractivity contribution in [1.29, 1.82) is 0 Å². The highest BCUT2D eigenvalue weighted by molar-refractivity contribution is 7.51. The molecule has 6 N–H and O–H groups in total. The van der Waals surface area contributed by atoms with E-state index in [4.69, 9.17) is 19.3 Å². The molecule has 1 rings (SSSR count). The second-order valence-corrected chi connectivity index (χ2v) is 8.18. The maximum atomic E-state index is 11.1. The van der Waals surface area contributed by atoms with Crippen LogP contribution in [0.3, 0.4) is 0 Å². The Bertz CT molecular complexity index is 472. The minimum Gasteiger partial charge on any atom is -0.388 e. The predicted octanol–water partition coefficient (Wildman–Crippen LogP) is -0.925. The molecule has 0 aromatic heterocycles. The summed E-state index contributed by atoms with van der Waals surface area (Å²) >= 11 is 0. The molecule has 5 atom stereocenters. The molecule has 11 heteroatoms. The number of rotatable bonds is 11. The fraction of sp³-hybridized carbons (Fsp3) is 0.933. The number of carbonyl (C=O) groups excluding carboxylic acids is 1. The van der Waals surface area contributed by atoms with Gasteiger partial charge in [-0.05, 0) is 19.3 Å². The Balaban J connectivity index is 2.33. The molecule has 0 aliphatic carbocycles. The van der Waals surface area contributed by atoms with Gasteiger partial charge in [0.1, 0.15) is 18.3 Å². The fourth-order valence-electron chi connectivity index (χ4n) is 2.65. The molecule has 1 heterocycles. The highest BCUT2D eigenvalue weighted by Crippen LogP contribution is 2.37. The molecule has 5 unspecified atom stereocenters. The average molecular weight is 399 g/mol. The number of hydrogen-bond acceptors (Lipinski definition) is 7. The predicted molar refractivity (Wildman–Crippen MR) is 91.3 cm³/mol. The molecule has 0 radical (unpaired) electrons. The molecular weight excluding hydrogens is 369 g/mol. The van der Waals surface area contributed by atoms with Gasteiger partial charge in [0, 0.05) is 20.1 Å². The van der Waals surface area contributed by atoms with E-state index in [1.807, 2.05) is 0 Å². The molecule has 0 aromatic carbocycles. The minimum atomic E-state index is -4.26. The molecule has 1 fully saturated rings. The number of unbranched alkanes of at least 4 members (excludes halogenated alkanes) is 3. The SMILES string of the molecule is CNC(=O)CCCCCCOC1OC(CCP(=O)(O)O)C(O)C(O)C1O. The van der Waals surface area contributed by atoms with Crippen LogP contribution in [0, 0.1) is 0 Å². The van der Waals surface area contributed by atoms with Crippen LogP contribution < -0.4 is 5.32 Å². The van der Waals surface area contributed by atoms with Crippen LogP contribution in [-0.4, -0.2) is 81.5 Å².